The Morgan fingerprint density at radius 1 is 1.35 bits per heavy atom. The summed E-state index contributed by atoms with van der Waals surface area (Å²) < 4.78 is 25.5. The Hall–Kier alpha value is -1.25. The normalized spacial score (nSPS) is 18.4. The van der Waals surface area contributed by atoms with Crippen LogP contribution in [0.3, 0.4) is 0 Å². The highest BCUT2D eigenvalue weighted by atomic mass is 32.2. The van der Waals surface area contributed by atoms with E-state index >= 15 is 0 Å². The summed E-state index contributed by atoms with van der Waals surface area (Å²) in [7, 11) is -3.07. The van der Waals surface area contributed by atoms with Crippen molar-refractivity contribution in [2.24, 2.45) is 0 Å². The number of fused-ring (bicyclic) bond motifs is 1. The highest BCUT2D eigenvalue weighted by molar-refractivity contribution is 7.88. The van der Waals surface area contributed by atoms with Gasteiger partial charge < -0.3 is 5.32 Å². The SMILES string of the molecule is CS(=O)(=O)N1CCC(Nc2ncnc3ccsc23)CC1. The van der Waals surface area contributed by atoms with E-state index in [9.17, 15) is 8.42 Å². The highest BCUT2D eigenvalue weighted by Crippen LogP contribution is 2.26. The average molecular weight is 312 g/mol. The Labute approximate surface area is 121 Å². The molecule has 8 heteroatoms. The molecule has 0 aromatic carbocycles. The monoisotopic (exact) mass is 312 g/mol. The molecule has 0 radical (unpaired) electrons. The van der Waals surface area contributed by atoms with Crippen molar-refractivity contribution >= 4 is 37.4 Å². The molecule has 3 rings (SSSR count). The second-order valence-corrected chi connectivity index (χ2v) is 7.84. The van der Waals surface area contributed by atoms with Gasteiger partial charge in [-0.15, -0.1) is 11.3 Å². The molecule has 6 nitrogen and oxygen atoms in total. The van der Waals surface area contributed by atoms with Crippen molar-refractivity contribution in [3.05, 3.63) is 17.8 Å². The molecule has 1 aliphatic heterocycles. The lowest BCUT2D eigenvalue weighted by Gasteiger charge is -2.30. The molecule has 2 aromatic rings. The van der Waals surface area contributed by atoms with Crippen LogP contribution in [-0.4, -0.2) is 48.1 Å². The lowest BCUT2D eigenvalue weighted by atomic mass is 10.1. The van der Waals surface area contributed by atoms with Crippen LogP contribution in [0.1, 0.15) is 12.8 Å². The van der Waals surface area contributed by atoms with Gasteiger partial charge >= 0.3 is 0 Å². The van der Waals surface area contributed by atoms with E-state index in [-0.39, 0.29) is 6.04 Å². The molecule has 3 heterocycles. The minimum atomic E-state index is -3.07. The molecule has 2 aromatic heterocycles. The highest BCUT2D eigenvalue weighted by Gasteiger charge is 2.25. The lowest BCUT2D eigenvalue weighted by molar-refractivity contribution is 0.331. The van der Waals surface area contributed by atoms with Crippen molar-refractivity contribution in [2.45, 2.75) is 18.9 Å². The van der Waals surface area contributed by atoms with Crippen molar-refractivity contribution in [2.75, 3.05) is 24.7 Å². The second-order valence-electron chi connectivity index (χ2n) is 4.94. The summed E-state index contributed by atoms with van der Waals surface area (Å²) in [6.45, 7) is 1.13. The van der Waals surface area contributed by atoms with Gasteiger partial charge in [-0.1, -0.05) is 0 Å². The maximum absolute atomic E-state index is 11.5. The van der Waals surface area contributed by atoms with Crippen LogP contribution in [0.5, 0.6) is 0 Å². The van der Waals surface area contributed by atoms with Gasteiger partial charge in [-0.2, -0.15) is 0 Å². The topological polar surface area (TPSA) is 75.2 Å². The van der Waals surface area contributed by atoms with Crippen molar-refractivity contribution in [3.8, 4) is 0 Å². The quantitative estimate of drug-likeness (QED) is 0.930. The Bertz CT molecular complexity index is 705. The molecule has 1 N–H and O–H groups in total. The lowest BCUT2D eigenvalue weighted by Crippen LogP contribution is -2.41. The standard InChI is InChI=1S/C12H16N4O2S2/c1-20(17,18)16-5-2-9(3-6-16)15-12-11-10(4-7-19-11)13-8-14-12/h4,7-9H,2-3,5-6H2,1H3,(H,13,14,15). The van der Waals surface area contributed by atoms with Gasteiger partial charge in [0.2, 0.25) is 10.0 Å². The molecule has 0 amide bonds. The van der Waals surface area contributed by atoms with Crippen LogP contribution in [0.25, 0.3) is 10.2 Å². The molecule has 0 atom stereocenters. The van der Waals surface area contributed by atoms with Gasteiger partial charge in [-0.3, -0.25) is 0 Å². The molecule has 0 spiro atoms. The van der Waals surface area contributed by atoms with E-state index in [1.165, 1.54) is 10.6 Å². The van der Waals surface area contributed by atoms with E-state index in [0.717, 1.165) is 28.9 Å². The van der Waals surface area contributed by atoms with E-state index < -0.39 is 10.0 Å². The van der Waals surface area contributed by atoms with Crippen molar-refractivity contribution in [1.82, 2.24) is 14.3 Å². The van der Waals surface area contributed by atoms with E-state index in [2.05, 4.69) is 15.3 Å². The Balaban J connectivity index is 1.70. The largest absolute Gasteiger partial charge is 0.366 e. The van der Waals surface area contributed by atoms with Gasteiger partial charge in [0.1, 0.15) is 12.1 Å². The summed E-state index contributed by atoms with van der Waals surface area (Å²) >= 11 is 1.61. The summed E-state index contributed by atoms with van der Waals surface area (Å²) in [5, 5.41) is 5.42. The van der Waals surface area contributed by atoms with Crippen molar-refractivity contribution < 1.29 is 8.42 Å². The van der Waals surface area contributed by atoms with Gasteiger partial charge in [0, 0.05) is 19.1 Å². The van der Waals surface area contributed by atoms with Crippen LogP contribution in [0.4, 0.5) is 5.82 Å². The van der Waals surface area contributed by atoms with Gasteiger partial charge in [0.05, 0.1) is 16.5 Å². The summed E-state index contributed by atoms with van der Waals surface area (Å²) in [4.78, 5) is 8.51. The second kappa shape index (κ2) is 5.27. The zero-order valence-electron chi connectivity index (χ0n) is 11.1. The first-order valence-corrected chi connectivity index (χ1v) is 9.17. The van der Waals surface area contributed by atoms with Gasteiger partial charge in [-0.25, -0.2) is 22.7 Å². The Kier molecular flexibility index (Phi) is 3.61. The minimum Gasteiger partial charge on any atom is -0.366 e. The summed E-state index contributed by atoms with van der Waals surface area (Å²) in [6, 6.07) is 2.23. The number of piperidine rings is 1. The molecular weight excluding hydrogens is 296 g/mol. The number of nitrogens with one attached hydrogen (secondary N) is 1. The smallest absolute Gasteiger partial charge is 0.211 e. The first-order valence-electron chi connectivity index (χ1n) is 6.44. The Morgan fingerprint density at radius 3 is 2.80 bits per heavy atom. The zero-order valence-corrected chi connectivity index (χ0v) is 12.7. The summed E-state index contributed by atoms with van der Waals surface area (Å²) in [5.74, 6) is 0.850. The Morgan fingerprint density at radius 2 is 2.10 bits per heavy atom. The van der Waals surface area contributed by atoms with Crippen molar-refractivity contribution in [3.63, 3.8) is 0 Å². The van der Waals surface area contributed by atoms with E-state index in [1.54, 1.807) is 17.7 Å². The molecular formula is C12H16N4O2S2. The molecule has 1 fully saturated rings. The van der Waals surface area contributed by atoms with Gasteiger partial charge in [0.25, 0.3) is 0 Å². The summed E-state index contributed by atoms with van der Waals surface area (Å²) in [6.07, 6.45) is 4.41. The minimum absolute atomic E-state index is 0.258. The van der Waals surface area contributed by atoms with Crippen molar-refractivity contribution in [1.29, 1.82) is 0 Å². The van der Waals surface area contributed by atoms with E-state index in [0.29, 0.717) is 13.1 Å². The number of thiophene rings is 1. The molecule has 0 unspecified atom stereocenters. The molecule has 0 saturated carbocycles. The maximum atomic E-state index is 11.5. The predicted molar refractivity (Wildman–Crippen MR) is 80.5 cm³/mol. The third-order valence-electron chi connectivity index (χ3n) is 3.51. The van der Waals surface area contributed by atoms with Gasteiger partial charge in [-0.05, 0) is 24.3 Å². The summed E-state index contributed by atoms with van der Waals surface area (Å²) in [5.41, 5.74) is 0.945. The molecule has 1 saturated heterocycles. The number of anilines is 1. The van der Waals surface area contributed by atoms with Gasteiger partial charge in [0.15, 0.2) is 0 Å². The number of sulfonamides is 1. The average Bonchev–Trinajstić information content (AvgIpc) is 2.88. The van der Waals surface area contributed by atoms with E-state index in [1.807, 2.05) is 11.4 Å². The van der Waals surface area contributed by atoms with Crippen LogP contribution in [0.15, 0.2) is 17.8 Å². The number of hydrogen-bond acceptors (Lipinski definition) is 6. The van der Waals surface area contributed by atoms with Crippen LogP contribution >= 0.6 is 11.3 Å². The first kappa shape index (κ1) is 13.7. The van der Waals surface area contributed by atoms with E-state index in [4.69, 9.17) is 0 Å². The number of hydrogen-bond donors (Lipinski definition) is 1. The number of aromatic nitrogens is 2. The first-order chi connectivity index (χ1) is 9.54. The number of rotatable bonds is 3. The number of nitrogens with zero attached hydrogens (tertiary/aromatic N) is 3. The third kappa shape index (κ3) is 2.77. The molecule has 0 bridgehead atoms. The third-order valence-corrected chi connectivity index (χ3v) is 5.72. The molecule has 0 aliphatic carbocycles. The van der Waals surface area contributed by atoms with Crippen LogP contribution in [-0.2, 0) is 10.0 Å². The van der Waals surface area contributed by atoms with Crippen LogP contribution in [0.2, 0.25) is 0 Å². The fourth-order valence-electron chi connectivity index (χ4n) is 2.42. The molecule has 1 aliphatic rings. The molecule has 108 valence electrons. The fraction of sp³-hybridized carbons (Fsp3) is 0.500. The van der Waals surface area contributed by atoms with Crippen LogP contribution < -0.4 is 5.32 Å². The predicted octanol–water partition coefficient (Wildman–Crippen LogP) is 1.53. The van der Waals surface area contributed by atoms with Crippen LogP contribution in [0, 0.1) is 0 Å². The maximum Gasteiger partial charge on any atom is 0.211 e. The zero-order chi connectivity index (χ0) is 14.2. The molecule has 20 heavy (non-hydrogen) atoms. The fourth-order valence-corrected chi connectivity index (χ4v) is 4.09.